The summed E-state index contributed by atoms with van der Waals surface area (Å²) in [6.45, 7) is 4.23. The van der Waals surface area contributed by atoms with Crippen LogP contribution in [0.15, 0.2) is 10.7 Å². The largest absolute Gasteiger partial charge is 0.253 e. The van der Waals surface area contributed by atoms with Crippen LogP contribution in [0.3, 0.4) is 0 Å². The van der Waals surface area contributed by atoms with E-state index >= 15 is 0 Å². The zero-order valence-electron chi connectivity index (χ0n) is 6.51. The van der Waals surface area contributed by atoms with E-state index in [0.717, 1.165) is 10.2 Å². The molecule has 0 aliphatic rings. The van der Waals surface area contributed by atoms with Gasteiger partial charge in [-0.25, -0.2) is 0 Å². The minimum Gasteiger partial charge on any atom is -0.253 e. The van der Waals surface area contributed by atoms with E-state index in [2.05, 4.69) is 34.9 Å². The fourth-order valence-corrected chi connectivity index (χ4v) is 1.99. The third-order valence-corrected chi connectivity index (χ3v) is 2.33. The Balaban J connectivity index is 3.07. The monoisotopic (exact) mass is 236 g/mol. The third kappa shape index (κ3) is 1.76. The molecule has 11 heavy (non-hydrogen) atoms. The van der Waals surface area contributed by atoms with Gasteiger partial charge >= 0.3 is 0 Å². The average Bonchev–Trinajstić information content (AvgIpc) is 2.30. The Hall–Kier alpha value is -0.0200. The molecule has 0 aromatic carbocycles. The maximum absolute atomic E-state index is 5.67. The Labute approximate surface area is 79.7 Å². The number of rotatable bonds is 2. The molecule has 0 aliphatic carbocycles. The first-order chi connectivity index (χ1) is 5.16. The summed E-state index contributed by atoms with van der Waals surface area (Å²) in [6, 6.07) is 0.416. The van der Waals surface area contributed by atoms with E-state index in [1.165, 1.54) is 0 Å². The highest BCUT2D eigenvalue weighted by atomic mass is 79.9. The van der Waals surface area contributed by atoms with Gasteiger partial charge in [0.2, 0.25) is 0 Å². The van der Waals surface area contributed by atoms with Crippen molar-refractivity contribution in [1.82, 2.24) is 9.78 Å². The molecule has 0 amide bonds. The molecule has 1 aromatic rings. The lowest BCUT2D eigenvalue weighted by Gasteiger charge is -2.07. The van der Waals surface area contributed by atoms with Crippen LogP contribution in [0.1, 0.15) is 25.5 Å². The first-order valence-corrected chi connectivity index (χ1v) is 4.76. The lowest BCUT2D eigenvalue weighted by molar-refractivity contribution is 0.653. The summed E-state index contributed by atoms with van der Waals surface area (Å²) < 4.78 is 2.82. The van der Waals surface area contributed by atoms with Gasteiger partial charge in [-0.1, -0.05) is 13.8 Å². The number of hydrogen-bond donors (Lipinski definition) is 0. The minimum atomic E-state index is 0.416. The standard InChI is InChI=1S/C7H10BrClN2/c1-5(2)7-6(8)3-10-11(7)4-9/h3,5H,4H2,1-2H3. The second-order valence-corrected chi connectivity index (χ2v) is 3.74. The molecule has 0 unspecified atom stereocenters. The van der Waals surface area contributed by atoms with Crippen molar-refractivity contribution in [2.24, 2.45) is 0 Å². The van der Waals surface area contributed by atoms with Crippen LogP contribution in [-0.4, -0.2) is 9.78 Å². The average molecular weight is 238 g/mol. The summed E-state index contributed by atoms with van der Waals surface area (Å²) in [5.41, 5.74) is 1.15. The maximum atomic E-state index is 5.67. The number of alkyl halides is 1. The summed E-state index contributed by atoms with van der Waals surface area (Å²) in [5, 5.41) is 4.09. The molecule has 0 atom stereocenters. The summed E-state index contributed by atoms with van der Waals surface area (Å²) >= 11 is 9.09. The molecule has 1 aromatic heterocycles. The van der Waals surface area contributed by atoms with E-state index in [9.17, 15) is 0 Å². The van der Waals surface area contributed by atoms with Gasteiger partial charge in [0.05, 0.1) is 16.4 Å². The SMILES string of the molecule is CC(C)c1c(Br)cnn1CCl. The smallest absolute Gasteiger partial charge is 0.115 e. The molecule has 4 heteroatoms. The van der Waals surface area contributed by atoms with Gasteiger partial charge in [-0.05, 0) is 21.8 Å². The summed E-state index contributed by atoms with van der Waals surface area (Å²) in [7, 11) is 0. The molecule has 0 radical (unpaired) electrons. The Morgan fingerprint density at radius 1 is 1.73 bits per heavy atom. The lowest BCUT2D eigenvalue weighted by Crippen LogP contribution is -2.02. The zero-order chi connectivity index (χ0) is 8.43. The maximum Gasteiger partial charge on any atom is 0.115 e. The van der Waals surface area contributed by atoms with Crippen LogP contribution in [0.25, 0.3) is 0 Å². The Morgan fingerprint density at radius 3 is 2.73 bits per heavy atom. The molecule has 0 N–H and O–H groups in total. The Kier molecular flexibility index (Phi) is 2.96. The van der Waals surface area contributed by atoms with Crippen molar-refractivity contribution in [2.75, 3.05) is 0 Å². The van der Waals surface area contributed by atoms with Crippen molar-refractivity contribution in [3.05, 3.63) is 16.4 Å². The van der Waals surface area contributed by atoms with Gasteiger partial charge in [0.15, 0.2) is 0 Å². The van der Waals surface area contributed by atoms with Crippen LogP contribution < -0.4 is 0 Å². The predicted molar refractivity (Wildman–Crippen MR) is 49.9 cm³/mol. The van der Waals surface area contributed by atoms with Gasteiger partial charge in [-0.15, -0.1) is 11.6 Å². The van der Waals surface area contributed by atoms with Gasteiger partial charge in [-0.2, -0.15) is 5.10 Å². The van der Waals surface area contributed by atoms with Crippen molar-refractivity contribution >= 4 is 27.5 Å². The first-order valence-electron chi connectivity index (χ1n) is 3.44. The highest BCUT2D eigenvalue weighted by Crippen LogP contribution is 2.24. The van der Waals surface area contributed by atoms with Gasteiger partial charge in [0.25, 0.3) is 0 Å². The molecular formula is C7H10BrClN2. The van der Waals surface area contributed by atoms with Crippen molar-refractivity contribution in [3.8, 4) is 0 Å². The zero-order valence-corrected chi connectivity index (χ0v) is 8.85. The quantitative estimate of drug-likeness (QED) is 0.723. The molecule has 0 spiro atoms. The Morgan fingerprint density at radius 2 is 2.36 bits per heavy atom. The molecule has 0 bridgehead atoms. The lowest BCUT2D eigenvalue weighted by atomic mass is 10.1. The van der Waals surface area contributed by atoms with Crippen molar-refractivity contribution in [3.63, 3.8) is 0 Å². The minimum absolute atomic E-state index is 0.416. The van der Waals surface area contributed by atoms with E-state index < -0.39 is 0 Å². The molecule has 1 rings (SSSR count). The molecule has 0 saturated heterocycles. The van der Waals surface area contributed by atoms with Gasteiger partial charge in [0.1, 0.15) is 6.00 Å². The molecule has 0 saturated carbocycles. The topological polar surface area (TPSA) is 17.8 Å². The van der Waals surface area contributed by atoms with Crippen molar-refractivity contribution in [2.45, 2.75) is 25.8 Å². The molecule has 0 aliphatic heterocycles. The van der Waals surface area contributed by atoms with E-state index in [-0.39, 0.29) is 0 Å². The van der Waals surface area contributed by atoms with E-state index in [0.29, 0.717) is 11.9 Å². The molecule has 0 fully saturated rings. The summed E-state index contributed by atoms with van der Waals surface area (Å²) in [4.78, 5) is 0. The van der Waals surface area contributed by atoms with Gasteiger partial charge < -0.3 is 0 Å². The van der Waals surface area contributed by atoms with E-state index in [4.69, 9.17) is 11.6 Å². The molecular weight excluding hydrogens is 227 g/mol. The molecule has 2 nitrogen and oxygen atoms in total. The number of hydrogen-bond acceptors (Lipinski definition) is 1. The first kappa shape index (κ1) is 9.07. The van der Waals surface area contributed by atoms with Gasteiger partial charge in [-0.3, -0.25) is 4.68 Å². The molecule has 1 heterocycles. The Bertz CT molecular complexity index is 245. The molecule has 62 valence electrons. The fourth-order valence-electron chi connectivity index (χ4n) is 1.04. The summed E-state index contributed by atoms with van der Waals surface area (Å²) in [6.07, 6.45) is 1.78. The van der Waals surface area contributed by atoms with Crippen LogP contribution in [0.5, 0.6) is 0 Å². The van der Waals surface area contributed by atoms with Crippen LogP contribution in [0, 0.1) is 0 Å². The van der Waals surface area contributed by atoms with Crippen LogP contribution in [0.2, 0.25) is 0 Å². The van der Waals surface area contributed by atoms with E-state index in [1.807, 2.05) is 0 Å². The fraction of sp³-hybridized carbons (Fsp3) is 0.571. The van der Waals surface area contributed by atoms with Gasteiger partial charge in [0, 0.05) is 0 Å². The van der Waals surface area contributed by atoms with Crippen LogP contribution in [0.4, 0.5) is 0 Å². The second kappa shape index (κ2) is 3.59. The van der Waals surface area contributed by atoms with Crippen molar-refractivity contribution in [1.29, 1.82) is 0 Å². The van der Waals surface area contributed by atoms with Crippen LogP contribution in [-0.2, 0) is 6.00 Å². The number of nitrogens with zero attached hydrogens (tertiary/aromatic N) is 2. The second-order valence-electron chi connectivity index (χ2n) is 2.65. The van der Waals surface area contributed by atoms with Crippen LogP contribution >= 0.6 is 27.5 Å². The normalized spacial score (nSPS) is 11.0. The highest BCUT2D eigenvalue weighted by molar-refractivity contribution is 9.10. The third-order valence-electron chi connectivity index (χ3n) is 1.49. The van der Waals surface area contributed by atoms with E-state index in [1.54, 1.807) is 10.9 Å². The van der Waals surface area contributed by atoms with Crippen molar-refractivity contribution < 1.29 is 0 Å². The highest BCUT2D eigenvalue weighted by Gasteiger charge is 2.10. The number of aromatic nitrogens is 2. The number of halogens is 2. The summed E-state index contributed by atoms with van der Waals surface area (Å²) in [5.74, 6) is 0.450. The predicted octanol–water partition coefficient (Wildman–Crippen LogP) is 2.97.